The molecule has 4 heteroatoms. The maximum absolute atomic E-state index is 5.63. The fraction of sp³-hybridized carbons (Fsp3) is 0.286. The molecule has 0 aliphatic rings. The molecule has 0 unspecified atom stereocenters. The molecule has 0 radical (unpaired) electrons. The van der Waals surface area contributed by atoms with Crippen molar-refractivity contribution in [3.63, 3.8) is 0 Å². The first-order chi connectivity index (χ1) is 4.70. The number of rotatable bonds is 1. The molecule has 2 N–H and O–H groups in total. The molecule has 1 rings (SSSR count). The monoisotopic (exact) mass is 236 g/mol. The highest BCUT2D eigenvalue weighted by molar-refractivity contribution is 9.10. The summed E-state index contributed by atoms with van der Waals surface area (Å²) >= 11 is 3.26. The number of halogens is 2. The van der Waals surface area contributed by atoms with E-state index in [4.69, 9.17) is 5.73 Å². The lowest BCUT2D eigenvalue weighted by Crippen LogP contribution is -2.04. The molecule has 0 aliphatic carbocycles. The van der Waals surface area contributed by atoms with Crippen molar-refractivity contribution in [2.75, 3.05) is 0 Å². The van der Waals surface area contributed by atoms with E-state index >= 15 is 0 Å². The Bertz CT molecular complexity index is 227. The van der Waals surface area contributed by atoms with E-state index in [9.17, 15) is 0 Å². The summed E-state index contributed by atoms with van der Waals surface area (Å²) in [5, 5.41) is 0. The van der Waals surface area contributed by atoms with Crippen molar-refractivity contribution in [1.82, 2.24) is 4.98 Å². The summed E-state index contributed by atoms with van der Waals surface area (Å²) < 4.78 is 0.835. The zero-order chi connectivity index (χ0) is 7.56. The zero-order valence-corrected chi connectivity index (χ0v) is 8.52. The third-order valence-electron chi connectivity index (χ3n) is 1.28. The minimum Gasteiger partial charge on any atom is -0.324 e. The van der Waals surface area contributed by atoms with E-state index in [1.807, 2.05) is 19.1 Å². The molecule has 11 heavy (non-hydrogen) atoms. The van der Waals surface area contributed by atoms with Crippen LogP contribution in [0, 0.1) is 0 Å². The second-order valence-electron chi connectivity index (χ2n) is 2.20. The van der Waals surface area contributed by atoms with Crippen LogP contribution in [0.4, 0.5) is 0 Å². The van der Waals surface area contributed by atoms with Gasteiger partial charge in [-0.2, -0.15) is 0 Å². The Hall–Kier alpha value is -0.120. The standard InChI is InChI=1S/C7H9BrN2.ClH/c1-5(9)6-2-3-10-7(8)4-6;/h2-5H,9H2,1H3;1H/t5-;/m0./s1. The fourth-order valence-corrected chi connectivity index (χ4v) is 1.08. The summed E-state index contributed by atoms with van der Waals surface area (Å²) in [4.78, 5) is 3.98. The fourth-order valence-electron chi connectivity index (χ4n) is 0.701. The molecular formula is C7H10BrClN2. The maximum atomic E-state index is 5.63. The lowest BCUT2D eigenvalue weighted by atomic mass is 10.1. The van der Waals surface area contributed by atoms with E-state index in [-0.39, 0.29) is 18.4 Å². The predicted octanol–water partition coefficient (Wildman–Crippen LogP) is 2.29. The molecule has 0 fully saturated rings. The third kappa shape index (κ3) is 3.18. The van der Waals surface area contributed by atoms with Gasteiger partial charge in [0.15, 0.2) is 0 Å². The smallest absolute Gasteiger partial charge is 0.106 e. The quantitative estimate of drug-likeness (QED) is 0.761. The average molecular weight is 238 g/mol. The van der Waals surface area contributed by atoms with Gasteiger partial charge >= 0.3 is 0 Å². The molecule has 0 aliphatic heterocycles. The lowest BCUT2D eigenvalue weighted by molar-refractivity contribution is 0.814. The van der Waals surface area contributed by atoms with Crippen LogP contribution in [0.3, 0.4) is 0 Å². The van der Waals surface area contributed by atoms with Crippen molar-refractivity contribution < 1.29 is 0 Å². The first kappa shape index (κ1) is 10.9. The summed E-state index contributed by atoms with van der Waals surface area (Å²) in [6.45, 7) is 1.95. The van der Waals surface area contributed by atoms with Gasteiger partial charge in [-0.15, -0.1) is 12.4 Å². The van der Waals surface area contributed by atoms with Crippen LogP contribution in [0.1, 0.15) is 18.5 Å². The molecule has 0 aromatic carbocycles. The van der Waals surface area contributed by atoms with Crippen LogP contribution in [0.15, 0.2) is 22.9 Å². The topological polar surface area (TPSA) is 38.9 Å². The second kappa shape index (κ2) is 4.70. The van der Waals surface area contributed by atoms with Gasteiger partial charge in [0.2, 0.25) is 0 Å². The number of nitrogens with two attached hydrogens (primary N) is 1. The number of aromatic nitrogens is 1. The maximum Gasteiger partial charge on any atom is 0.106 e. The van der Waals surface area contributed by atoms with Crippen molar-refractivity contribution in [3.05, 3.63) is 28.5 Å². The number of nitrogens with zero attached hydrogens (tertiary/aromatic N) is 1. The van der Waals surface area contributed by atoms with Crippen molar-refractivity contribution in [1.29, 1.82) is 0 Å². The minimum absolute atomic E-state index is 0. The Balaban J connectivity index is 0.000001000. The van der Waals surface area contributed by atoms with E-state index in [0.29, 0.717) is 0 Å². The second-order valence-corrected chi connectivity index (χ2v) is 3.01. The highest BCUT2D eigenvalue weighted by atomic mass is 79.9. The molecule has 2 nitrogen and oxygen atoms in total. The van der Waals surface area contributed by atoms with E-state index in [1.165, 1.54) is 0 Å². The molecule has 1 heterocycles. The van der Waals surface area contributed by atoms with Gasteiger partial charge in [0.05, 0.1) is 0 Å². The van der Waals surface area contributed by atoms with Gasteiger partial charge in [0, 0.05) is 12.2 Å². The first-order valence-electron chi connectivity index (χ1n) is 3.07. The van der Waals surface area contributed by atoms with Gasteiger partial charge in [-0.25, -0.2) is 4.98 Å². The van der Waals surface area contributed by atoms with E-state index < -0.39 is 0 Å². The molecule has 62 valence electrons. The Labute approximate surface area is 80.7 Å². The SMILES string of the molecule is C[C@H](N)c1ccnc(Br)c1.Cl. The summed E-state index contributed by atoms with van der Waals surface area (Å²) in [5.41, 5.74) is 6.73. The van der Waals surface area contributed by atoms with Crippen LogP contribution in [-0.4, -0.2) is 4.98 Å². The highest BCUT2D eigenvalue weighted by Crippen LogP contribution is 2.12. The van der Waals surface area contributed by atoms with Crippen LogP contribution in [-0.2, 0) is 0 Å². The molecule has 0 spiro atoms. The van der Waals surface area contributed by atoms with Crippen LogP contribution < -0.4 is 5.73 Å². The molecule has 0 amide bonds. The van der Waals surface area contributed by atoms with Crippen molar-refractivity contribution in [2.45, 2.75) is 13.0 Å². The van der Waals surface area contributed by atoms with E-state index in [1.54, 1.807) is 6.20 Å². The van der Waals surface area contributed by atoms with Gasteiger partial charge in [-0.1, -0.05) is 0 Å². The van der Waals surface area contributed by atoms with Gasteiger partial charge in [0.1, 0.15) is 4.60 Å². The number of hydrogen-bond acceptors (Lipinski definition) is 2. The third-order valence-corrected chi connectivity index (χ3v) is 1.71. The first-order valence-corrected chi connectivity index (χ1v) is 3.86. The molecule has 1 aromatic heterocycles. The van der Waals surface area contributed by atoms with Crippen LogP contribution in [0.5, 0.6) is 0 Å². The van der Waals surface area contributed by atoms with Crippen LogP contribution in [0.2, 0.25) is 0 Å². The normalized spacial score (nSPS) is 11.9. The Morgan fingerprint density at radius 1 is 1.64 bits per heavy atom. The highest BCUT2D eigenvalue weighted by Gasteiger charge is 1.97. The molecule has 1 aromatic rings. The largest absolute Gasteiger partial charge is 0.324 e. The van der Waals surface area contributed by atoms with Crippen LogP contribution in [0.25, 0.3) is 0 Å². The number of pyridine rings is 1. The van der Waals surface area contributed by atoms with Gasteiger partial charge in [-0.3, -0.25) is 0 Å². The lowest BCUT2D eigenvalue weighted by Gasteiger charge is -2.03. The summed E-state index contributed by atoms with van der Waals surface area (Å²) in [6.07, 6.45) is 1.74. The minimum atomic E-state index is 0. The Kier molecular flexibility index (Phi) is 4.65. The van der Waals surface area contributed by atoms with Gasteiger partial charge in [0.25, 0.3) is 0 Å². The molecule has 0 bridgehead atoms. The van der Waals surface area contributed by atoms with Crippen LogP contribution >= 0.6 is 28.3 Å². The Morgan fingerprint density at radius 2 is 2.27 bits per heavy atom. The van der Waals surface area contributed by atoms with E-state index in [2.05, 4.69) is 20.9 Å². The van der Waals surface area contributed by atoms with E-state index in [0.717, 1.165) is 10.2 Å². The summed E-state index contributed by atoms with van der Waals surface area (Å²) in [7, 11) is 0. The zero-order valence-electron chi connectivity index (χ0n) is 6.12. The Morgan fingerprint density at radius 3 is 2.64 bits per heavy atom. The predicted molar refractivity (Wildman–Crippen MR) is 51.8 cm³/mol. The molecular weight excluding hydrogens is 227 g/mol. The molecule has 0 saturated carbocycles. The molecule has 0 saturated heterocycles. The van der Waals surface area contributed by atoms with Gasteiger partial charge < -0.3 is 5.73 Å². The van der Waals surface area contributed by atoms with Crippen molar-refractivity contribution in [3.8, 4) is 0 Å². The van der Waals surface area contributed by atoms with Crippen molar-refractivity contribution in [2.24, 2.45) is 5.73 Å². The summed E-state index contributed by atoms with van der Waals surface area (Å²) in [5.74, 6) is 0. The van der Waals surface area contributed by atoms with Crippen molar-refractivity contribution >= 4 is 28.3 Å². The average Bonchev–Trinajstić information content (AvgIpc) is 1.88. The van der Waals surface area contributed by atoms with Gasteiger partial charge in [-0.05, 0) is 40.5 Å². The molecule has 1 atom stereocenters. The summed E-state index contributed by atoms with van der Waals surface area (Å²) in [6, 6.07) is 3.92. The number of hydrogen-bond donors (Lipinski definition) is 1.